The number of aliphatic hydroxyl groups excluding tert-OH is 1. The Morgan fingerprint density at radius 2 is 1.92 bits per heavy atom. The number of thiophene rings is 1. The number of β-amino-alcohol motifs (C(OH)–C–C–N with tert-alkyl or cyclic N) is 1. The molecule has 2 N–H and O–H groups in total. The van der Waals surface area contributed by atoms with Gasteiger partial charge in [-0.1, -0.05) is 29.8 Å². The third-order valence-electron chi connectivity index (χ3n) is 3.83. The topological polar surface area (TPSA) is 69.6 Å². The number of aliphatic hydroxyl groups is 1. The summed E-state index contributed by atoms with van der Waals surface area (Å²) in [5.41, 5.74) is 2.53. The van der Waals surface area contributed by atoms with E-state index in [1.807, 2.05) is 20.8 Å². The zero-order valence-corrected chi connectivity index (χ0v) is 17.8. The fourth-order valence-corrected chi connectivity index (χ4v) is 7.24. The number of benzene rings is 1. The van der Waals surface area contributed by atoms with E-state index in [1.54, 1.807) is 6.07 Å². The van der Waals surface area contributed by atoms with Gasteiger partial charge in [0.2, 0.25) is 0 Å². The fourth-order valence-electron chi connectivity index (χ4n) is 2.69. The molecule has 0 amide bonds. The molecule has 0 saturated heterocycles. The summed E-state index contributed by atoms with van der Waals surface area (Å²) >= 11 is 2.73. The predicted molar refractivity (Wildman–Crippen MR) is 107 cm³/mol. The molecule has 0 aliphatic carbocycles. The van der Waals surface area contributed by atoms with Gasteiger partial charge in [-0.2, -0.15) is 0 Å². The van der Waals surface area contributed by atoms with E-state index >= 15 is 0 Å². The van der Waals surface area contributed by atoms with Crippen molar-refractivity contribution in [1.82, 2.24) is 9.03 Å². The van der Waals surface area contributed by atoms with Crippen LogP contribution in [0.15, 0.2) is 38.8 Å². The first-order valence-electron chi connectivity index (χ1n) is 8.38. The van der Waals surface area contributed by atoms with Gasteiger partial charge in [0.25, 0.3) is 10.0 Å². The number of nitrogens with zero attached hydrogens (tertiary/aromatic N) is 1. The third-order valence-corrected chi connectivity index (χ3v) is 8.42. The number of hydrogen-bond donors (Lipinski definition) is 2. The summed E-state index contributed by atoms with van der Waals surface area (Å²) in [6.07, 6.45) is -0.688. The second-order valence-corrected chi connectivity index (χ2v) is 11.9. The Morgan fingerprint density at radius 1 is 1.27 bits per heavy atom. The van der Waals surface area contributed by atoms with Crippen LogP contribution < -0.4 is 4.72 Å². The molecule has 2 aromatic rings. The standard InChI is InChI=1S/C18H24N2O3S3/c1-12-5-7-13(8-6-12)10-20-11-15(21)14-9-16(24-17(14)25-20)26(22,23)19-18(2,3)4/h5-9,15,19,21H,10-11H2,1-4H3. The molecule has 1 atom stereocenters. The molecule has 142 valence electrons. The van der Waals surface area contributed by atoms with E-state index in [0.717, 1.165) is 9.77 Å². The summed E-state index contributed by atoms with van der Waals surface area (Å²) in [5, 5.41) is 10.5. The summed E-state index contributed by atoms with van der Waals surface area (Å²) < 4.78 is 31.0. The summed E-state index contributed by atoms with van der Waals surface area (Å²) in [6.45, 7) is 8.64. The van der Waals surface area contributed by atoms with E-state index in [4.69, 9.17) is 0 Å². The summed E-state index contributed by atoms with van der Waals surface area (Å²) in [4.78, 5) is 0. The van der Waals surface area contributed by atoms with Crippen LogP contribution in [0.25, 0.3) is 0 Å². The lowest BCUT2D eigenvalue weighted by atomic mass is 10.1. The molecule has 2 heterocycles. The van der Waals surface area contributed by atoms with Crippen molar-refractivity contribution < 1.29 is 13.5 Å². The van der Waals surface area contributed by atoms with Crippen LogP contribution in [-0.2, 0) is 16.6 Å². The predicted octanol–water partition coefficient (Wildman–Crippen LogP) is 3.69. The van der Waals surface area contributed by atoms with Gasteiger partial charge in [0.05, 0.1) is 10.3 Å². The highest BCUT2D eigenvalue weighted by Gasteiger charge is 2.31. The molecule has 1 aromatic carbocycles. The van der Waals surface area contributed by atoms with Crippen LogP contribution in [-0.4, -0.2) is 29.9 Å². The molecular formula is C18H24N2O3S3. The Kier molecular flexibility index (Phi) is 5.54. The molecule has 0 fully saturated rings. The minimum absolute atomic E-state index is 0.251. The summed E-state index contributed by atoms with van der Waals surface area (Å²) in [7, 11) is -3.59. The highest BCUT2D eigenvalue weighted by atomic mass is 32.3. The molecule has 1 aromatic heterocycles. The minimum Gasteiger partial charge on any atom is -0.387 e. The Balaban J connectivity index is 1.80. The van der Waals surface area contributed by atoms with E-state index < -0.39 is 21.7 Å². The molecule has 1 aliphatic heterocycles. The van der Waals surface area contributed by atoms with Crippen molar-refractivity contribution in [2.75, 3.05) is 6.54 Å². The van der Waals surface area contributed by atoms with Gasteiger partial charge in [-0.15, -0.1) is 11.3 Å². The van der Waals surface area contributed by atoms with Crippen LogP contribution in [0.5, 0.6) is 0 Å². The zero-order chi connectivity index (χ0) is 19.1. The Labute approximate surface area is 163 Å². The monoisotopic (exact) mass is 412 g/mol. The average molecular weight is 413 g/mol. The number of fused-ring (bicyclic) bond motifs is 1. The van der Waals surface area contributed by atoms with Gasteiger partial charge in [-0.05, 0) is 51.3 Å². The van der Waals surface area contributed by atoms with Crippen LogP contribution in [0.4, 0.5) is 0 Å². The molecule has 8 heteroatoms. The molecule has 0 saturated carbocycles. The van der Waals surface area contributed by atoms with Crippen LogP contribution in [0.3, 0.4) is 0 Å². The molecule has 0 spiro atoms. The van der Waals surface area contributed by atoms with Crippen molar-refractivity contribution in [2.45, 2.75) is 54.3 Å². The lowest BCUT2D eigenvalue weighted by Crippen LogP contribution is -2.40. The van der Waals surface area contributed by atoms with Crippen molar-refractivity contribution in [3.8, 4) is 0 Å². The van der Waals surface area contributed by atoms with Crippen molar-refractivity contribution >= 4 is 33.3 Å². The second kappa shape index (κ2) is 7.26. The first-order chi connectivity index (χ1) is 12.0. The van der Waals surface area contributed by atoms with Crippen molar-refractivity contribution in [3.63, 3.8) is 0 Å². The number of nitrogens with one attached hydrogen (secondary N) is 1. The highest BCUT2D eigenvalue weighted by molar-refractivity contribution is 7.99. The van der Waals surface area contributed by atoms with Gasteiger partial charge in [-0.3, -0.25) is 0 Å². The van der Waals surface area contributed by atoms with Gasteiger partial charge < -0.3 is 5.11 Å². The summed E-state index contributed by atoms with van der Waals surface area (Å²) in [6, 6.07) is 9.90. The maximum Gasteiger partial charge on any atom is 0.250 e. The quantitative estimate of drug-likeness (QED) is 0.750. The fraction of sp³-hybridized carbons (Fsp3) is 0.444. The molecule has 1 aliphatic rings. The Bertz CT molecular complexity index is 883. The molecule has 1 unspecified atom stereocenters. The van der Waals surface area contributed by atoms with Crippen LogP contribution in [0, 0.1) is 6.92 Å². The maximum absolute atomic E-state index is 12.6. The van der Waals surface area contributed by atoms with E-state index in [9.17, 15) is 13.5 Å². The SMILES string of the molecule is Cc1ccc(CN2CC(O)c3cc(S(=O)(=O)NC(C)(C)C)sc3S2)cc1. The maximum atomic E-state index is 12.6. The van der Waals surface area contributed by atoms with Gasteiger partial charge in [0, 0.05) is 24.2 Å². The third kappa shape index (κ3) is 4.68. The van der Waals surface area contributed by atoms with Crippen molar-refractivity contribution in [1.29, 1.82) is 0 Å². The van der Waals surface area contributed by atoms with Gasteiger partial charge in [0.15, 0.2) is 0 Å². The molecule has 0 radical (unpaired) electrons. The zero-order valence-electron chi connectivity index (χ0n) is 15.3. The van der Waals surface area contributed by atoms with Crippen LogP contribution in [0.1, 0.15) is 43.6 Å². The van der Waals surface area contributed by atoms with Gasteiger partial charge in [-0.25, -0.2) is 17.4 Å². The number of sulfonamides is 1. The van der Waals surface area contributed by atoms with Crippen LogP contribution >= 0.6 is 23.3 Å². The lowest BCUT2D eigenvalue weighted by molar-refractivity contribution is 0.143. The number of rotatable bonds is 4. The van der Waals surface area contributed by atoms with Crippen molar-refractivity contribution in [2.24, 2.45) is 0 Å². The van der Waals surface area contributed by atoms with E-state index in [2.05, 4.69) is 40.2 Å². The lowest BCUT2D eigenvalue weighted by Gasteiger charge is -2.28. The molecule has 3 rings (SSSR count). The normalized spacial score (nSPS) is 18.7. The van der Waals surface area contributed by atoms with Gasteiger partial charge >= 0.3 is 0 Å². The summed E-state index contributed by atoms with van der Waals surface area (Å²) in [5.74, 6) is 0. The number of hydrogen-bond acceptors (Lipinski definition) is 6. The Hall–Kier alpha value is -0.900. The molecule has 26 heavy (non-hydrogen) atoms. The van der Waals surface area contributed by atoms with E-state index in [0.29, 0.717) is 18.7 Å². The second-order valence-electron chi connectivity index (χ2n) is 7.58. The minimum atomic E-state index is -3.59. The van der Waals surface area contributed by atoms with Gasteiger partial charge in [0.1, 0.15) is 4.21 Å². The Morgan fingerprint density at radius 3 is 2.54 bits per heavy atom. The average Bonchev–Trinajstić information content (AvgIpc) is 2.93. The van der Waals surface area contributed by atoms with Crippen molar-refractivity contribution in [3.05, 3.63) is 47.0 Å². The number of aryl methyl sites for hydroxylation is 1. The molecule has 5 nitrogen and oxygen atoms in total. The smallest absolute Gasteiger partial charge is 0.250 e. The first-order valence-corrected chi connectivity index (χ1v) is 11.4. The highest BCUT2D eigenvalue weighted by Crippen LogP contribution is 2.44. The molecular weight excluding hydrogens is 388 g/mol. The first kappa shape index (κ1) is 19.9. The van der Waals surface area contributed by atoms with E-state index in [1.165, 1.54) is 28.8 Å². The molecule has 0 bridgehead atoms. The van der Waals surface area contributed by atoms with E-state index in [-0.39, 0.29) is 4.21 Å². The van der Waals surface area contributed by atoms with Crippen LogP contribution in [0.2, 0.25) is 0 Å². The largest absolute Gasteiger partial charge is 0.387 e.